The molecule has 0 atom stereocenters. The van der Waals surface area contributed by atoms with Gasteiger partial charge in [0.05, 0.1) is 19.8 Å². The fraction of sp³-hybridized carbons (Fsp3) is 0.300. The fourth-order valence-corrected chi connectivity index (χ4v) is 1.36. The largest absolute Gasteiger partial charge is 0.493 e. The molecule has 76 valence electrons. The predicted molar refractivity (Wildman–Crippen MR) is 53.7 cm³/mol. The molecule has 0 heterocycles. The van der Waals surface area contributed by atoms with Gasteiger partial charge in [0.2, 0.25) is 0 Å². The van der Waals surface area contributed by atoms with Gasteiger partial charge < -0.3 is 9.47 Å². The van der Waals surface area contributed by atoms with Crippen LogP contribution in [0.15, 0.2) is 34.3 Å². The number of halogens is 1. The third-order valence-corrected chi connectivity index (χ3v) is 2.11. The molecule has 3 nitrogen and oxygen atoms in total. The van der Waals surface area contributed by atoms with E-state index >= 15 is 0 Å². The van der Waals surface area contributed by atoms with Crippen LogP contribution < -0.4 is 0 Å². The van der Waals surface area contributed by atoms with E-state index in [9.17, 15) is 4.79 Å². The van der Waals surface area contributed by atoms with E-state index in [0.29, 0.717) is 28.5 Å². The smallest absolute Gasteiger partial charge is 0.170 e. The van der Waals surface area contributed by atoms with E-state index in [1.165, 1.54) is 14.2 Å². The van der Waals surface area contributed by atoms with Gasteiger partial charge >= 0.3 is 0 Å². The maximum absolute atomic E-state index is 10.7. The minimum absolute atomic E-state index is 0.415. The number of methoxy groups -OCH3 is 2. The molecule has 0 fully saturated rings. The third-order valence-electron chi connectivity index (χ3n) is 1.84. The number of allylic oxidation sites excluding steroid dienone is 4. The van der Waals surface area contributed by atoms with Gasteiger partial charge in [0, 0.05) is 11.5 Å². The molecule has 1 aliphatic rings. The molecular weight excluding hydrogens is 204 g/mol. The van der Waals surface area contributed by atoms with Crippen molar-refractivity contribution < 1.29 is 14.3 Å². The number of hydrogen-bond acceptors (Lipinski definition) is 3. The summed E-state index contributed by atoms with van der Waals surface area (Å²) < 4.78 is 10.1. The van der Waals surface area contributed by atoms with Crippen molar-refractivity contribution in [2.45, 2.75) is 6.42 Å². The van der Waals surface area contributed by atoms with Crippen molar-refractivity contribution in [2.24, 2.45) is 0 Å². The highest BCUT2D eigenvalue weighted by Crippen LogP contribution is 2.24. The molecule has 0 amide bonds. The lowest BCUT2D eigenvalue weighted by Crippen LogP contribution is -1.99. The van der Waals surface area contributed by atoms with Crippen LogP contribution in [-0.2, 0) is 14.3 Å². The summed E-state index contributed by atoms with van der Waals surface area (Å²) >= 11 is 5.87. The zero-order valence-corrected chi connectivity index (χ0v) is 8.80. The molecule has 0 N–H and O–H groups in total. The van der Waals surface area contributed by atoms with E-state index < -0.39 is 0 Å². The average Bonchev–Trinajstić information content (AvgIpc) is 2.36. The van der Waals surface area contributed by atoms with Crippen molar-refractivity contribution in [3.8, 4) is 0 Å². The first kappa shape index (κ1) is 10.9. The summed E-state index contributed by atoms with van der Waals surface area (Å²) in [5.74, 6) is 0.881. The normalized spacial score (nSPS) is 16.8. The van der Waals surface area contributed by atoms with Crippen LogP contribution >= 0.6 is 11.6 Å². The van der Waals surface area contributed by atoms with Crippen molar-refractivity contribution in [2.75, 3.05) is 14.2 Å². The van der Waals surface area contributed by atoms with E-state index in [1.807, 2.05) is 0 Å². The summed E-state index contributed by atoms with van der Waals surface area (Å²) in [6.45, 7) is 0. The van der Waals surface area contributed by atoms with Crippen LogP contribution in [0.4, 0.5) is 0 Å². The van der Waals surface area contributed by atoms with Gasteiger partial charge in [-0.1, -0.05) is 17.7 Å². The van der Waals surface area contributed by atoms with Crippen molar-refractivity contribution in [1.82, 2.24) is 0 Å². The molecule has 0 aliphatic heterocycles. The second-order valence-corrected chi connectivity index (χ2v) is 3.16. The molecule has 1 aliphatic carbocycles. The van der Waals surface area contributed by atoms with Crippen LogP contribution in [0.25, 0.3) is 0 Å². The van der Waals surface area contributed by atoms with Crippen LogP contribution in [-0.4, -0.2) is 20.5 Å². The standard InChI is InChI=1S/C10H11ClO3/c1-13-9-5-8(11)4-3-7(6-12)10(9)14-2/h3,5-6H,4H2,1-2H3. The second kappa shape index (κ2) is 4.86. The zero-order valence-electron chi connectivity index (χ0n) is 8.04. The lowest BCUT2D eigenvalue weighted by atomic mass is 10.2. The van der Waals surface area contributed by atoms with E-state index in [1.54, 1.807) is 12.2 Å². The van der Waals surface area contributed by atoms with Gasteiger partial charge in [0.1, 0.15) is 0 Å². The highest BCUT2D eigenvalue weighted by Gasteiger charge is 2.14. The molecule has 14 heavy (non-hydrogen) atoms. The van der Waals surface area contributed by atoms with Crippen LogP contribution in [0.2, 0.25) is 0 Å². The molecular formula is C10H11ClO3. The number of carbonyl (C=O) groups is 1. The first-order valence-electron chi connectivity index (χ1n) is 4.07. The van der Waals surface area contributed by atoms with Crippen LogP contribution in [0.5, 0.6) is 0 Å². The van der Waals surface area contributed by atoms with Gasteiger partial charge in [-0.2, -0.15) is 0 Å². The molecule has 0 aromatic rings. The topological polar surface area (TPSA) is 35.5 Å². The van der Waals surface area contributed by atoms with Crippen molar-refractivity contribution in [3.05, 3.63) is 34.3 Å². The molecule has 0 saturated carbocycles. The summed E-state index contributed by atoms with van der Waals surface area (Å²) in [7, 11) is 2.99. The Kier molecular flexibility index (Phi) is 3.77. The molecule has 4 heteroatoms. The molecule has 0 unspecified atom stereocenters. The van der Waals surface area contributed by atoms with E-state index in [-0.39, 0.29) is 0 Å². The molecule has 1 rings (SSSR count). The van der Waals surface area contributed by atoms with Gasteiger partial charge in [-0.15, -0.1) is 0 Å². The second-order valence-electron chi connectivity index (χ2n) is 2.67. The summed E-state index contributed by atoms with van der Waals surface area (Å²) in [4.78, 5) is 10.7. The Hall–Kier alpha value is -1.22. The summed E-state index contributed by atoms with van der Waals surface area (Å²) in [5, 5.41) is 0.605. The molecule has 0 radical (unpaired) electrons. The summed E-state index contributed by atoms with van der Waals surface area (Å²) in [6, 6.07) is 0. The van der Waals surface area contributed by atoms with Gasteiger partial charge in [0.25, 0.3) is 0 Å². The van der Waals surface area contributed by atoms with Crippen LogP contribution in [0.1, 0.15) is 6.42 Å². The Morgan fingerprint density at radius 1 is 1.43 bits per heavy atom. The van der Waals surface area contributed by atoms with Crippen LogP contribution in [0, 0.1) is 0 Å². The maximum Gasteiger partial charge on any atom is 0.170 e. The molecule has 0 bridgehead atoms. The first-order valence-corrected chi connectivity index (χ1v) is 4.44. The highest BCUT2D eigenvalue weighted by atomic mass is 35.5. The van der Waals surface area contributed by atoms with Crippen LogP contribution in [0.3, 0.4) is 0 Å². The van der Waals surface area contributed by atoms with Crippen molar-refractivity contribution >= 4 is 17.9 Å². The lowest BCUT2D eigenvalue weighted by molar-refractivity contribution is -0.105. The number of aldehydes is 1. The van der Waals surface area contributed by atoms with Gasteiger partial charge in [-0.25, -0.2) is 0 Å². The fourth-order valence-electron chi connectivity index (χ4n) is 1.18. The number of carbonyl (C=O) groups excluding carboxylic acids is 1. The SMILES string of the molecule is COC1=C(OC)C(C=O)=CCC(Cl)=C1. The maximum atomic E-state index is 10.7. The summed E-state index contributed by atoms with van der Waals surface area (Å²) in [5.41, 5.74) is 0.455. The Bertz CT molecular complexity index is 326. The minimum Gasteiger partial charge on any atom is -0.493 e. The Labute approximate surface area is 87.6 Å². The van der Waals surface area contributed by atoms with E-state index in [4.69, 9.17) is 21.1 Å². The highest BCUT2D eigenvalue weighted by molar-refractivity contribution is 6.29. The zero-order chi connectivity index (χ0) is 10.6. The summed E-state index contributed by atoms with van der Waals surface area (Å²) in [6.07, 6.45) is 4.58. The first-order chi connectivity index (χ1) is 6.72. The molecule has 0 aromatic carbocycles. The Morgan fingerprint density at radius 2 is 2.14 bits per heavy atom. The molecule has 0 spiro atoms. The molecule has 0 saturated heterocycles. The lowest BCUT2D eigenvalue weighted by Gasteiger charge is -2.08. The van der Waals surface area contributed by atoms with Gasteiger partial charge in [-0.05, 0) is 6.08 Å². The molecule has 0 aromatic heterocycles. The predicted octanol–water partition coefficient (Wildman–Crippen LogP) is 2.14. The van der Waals surface area contributed by atoms with Crippen molar-refractivity contribution in [1.29, 1.82) is 0 Å². The van der Waals surface area contributed by atoms with Crippen molar-refractivity contribution in [3.63, 3.8) is 0 Å². The van der Waals surface area contributed by atoms with E-state index in [2.05, 4.69) is 0 Å². The number of hydrogen-bond donors (Lipinski definition) is 0. The Morgan fingerprint density at radius 3 is 2.64 bits per heavy atom. The van der Waals surface area contributed by atoms with Gasteiger partial charge in [-0.3, -0.25) is 4.79 Å². The number of rotatable bonds is 3. The number of ether oxygens (including phenoxy) is 2. The quantitative estimate of drug-likeness (QED) is 0.676. The van der Waals surface area contributed by atoms with E-state index in [0.717, 1.165) is 6.29 Å². The Balaban J connectivity index is 3.21. The third kappa shape index (κ3) is 2.17. The minimum atomic E-state index is 0.415. The van der Waals surface area contributed by atoms with Gasteiger partial charge in [0.15, 0.2) is 17.8 Å². The monoisotopic (exact) mass is 214 g/mol. The average molecular weight is 215 g/mol.